The number of amides is 3. The average molecular weight is 642 g/mol. The van der Waals surface area contributed by atoms with Crippen LogP contribution in [-0.2, 0) is 36.9 Å². The number of esters is 1. The summed E-state index contributed by atoms with van der Waals surface area (Å²) in [5.41, 5.74) is 2.37. The standard InChI is InChI=1S/C37H43N3O7/c1-3-14-30(23-34(42)39-31(25-41)22-27-16-8-5-9-17-27)35(43)38-24-33(29-20-12-7-13-21-29)47-36(44)32(15-4-2)40-37(45)46-26-28-18-10-6-11-19-28/h3-13,16-21,30-33,41H,1-2,14-15,22-26H2,(H,38,43)(H,39,42)(H,40,45)/t30-,31+,32-,33-/m1/s1. The second kappa shape index (κ2) is 20.0. The van der Waals surface area contributed by atoms with Crippen molar-refractivity contribution < 1.29 is 33.8 Å². The van der Waals surface area contributed by atoms with Gasteiger partial charge in [0.15, 0.2) is 0 Å². The number of nitrogens with one attached hydrogen (secondary N) is 3. The Balaban J connectivity index is 1.61. The van der Waals surface area contributed by atoms with E-state index in [1.54, 1.807) is 30.3 Å². The summed E-state index contributed by atoms with van der Waals surface area (Å²) in [4.78, 5) is 51.9. The third kappa shape index (κ3) is 13.0. The minimum atomic E-state index is -1.08. The van der Waals surface area contributed by atoms with E-state index in [-0.39, 0.29) is 44.9 Å². The summed E-state index contributed by atoms with van der Waals surface area (Å²) in [6, 6.07) is 25.9. The molecule has 0 aromatic heterocycles. The molecule has 0 saturated heterocycles. The van der Waals surface area contributed by atoms with Crippen LogP contribution in [0.4, 0.5) is 4.79 Å². The lowest BCUT2D eigenvalue weighted by Crippen LogP contribution is -2.44. The first-order valence-corrected chi connectivity index (χ1v) is 15.5. The summed E-state index contributed by atoms with van der Waals surface area (Å²) in [6.45, 7) is 7.08. The van der Waals surface area contributed by atoms with Crippen LogP contribution in [-0.4, -0.2) is 54.2 Å². The zero-order valence-electron chi connectivity index (χ0n) is 26.4. The Kier molecular flexibility index (Phi) is 15.4. The van der Waals surface area contributed by atoms with Crippen LogP contribution in [0.15, 0.2) is 116 Å². The van der Waals surface area contributed by atoms with Gasteiger partial charge in [-0.2, -0.15) is 0 Å². The van der Waals surface area contributed by atoms with Crippen molar-refractivity contribution >= 4 is 23.9 Å². The maximum atomic E-state index is 13.3. The molecule has 10 nitrogen and oxygen atoms in total. The van der Waals surface area contributed by atoms with Crippen molar-refractivity contribution in [1.82, 2.24) is 16.0 Å². The number of benzene rings is 3. The van der Waals surface area contributed by atoms with Gasteiger partial charge in [-0.05, 0) is 36.0 Å². The topological polar surface area (TPSA) is 143 Å². The Morgan fingerprint density at radius 3 is 1.98 bits per heavy atom. The van der Waals surface area contributed by atoms with Crippen LogP contribution >= 0.6 is 0 Å². The normalized spacial score (nSPS) is 13.1. The van der Waals surface area contributed by atoms with Gasteiger partial charge in [-0.25, -0.2) is 9.59 Å². The number of aliphatic hydroxyl groups excluding tert-OH is 1. The van der Waals surface area contributed by atoms with E-state index in [2.05, 4.69) is 29.1 Å². The number of aliphatic hydroxyl groups is 1. The van der Waals surface area contributed by atoms with Gasteiger partial charge in [-0.15, -0.1) is 13.2 Å². The second-order valence-corrected chi connectivity index (χ2v) is 10.9. The molecule has 4 N–H and O–H groups in total. The molecule has 3 amide bonds. The monoisotopic (exact) mass is 641 g/mol. The van der Waals surface area contributed by atoms with Crippen molar-refractivity contribution in [3.05, 3.63) is 133 Å². The van der Waals surface area contributed by atoms with Crippen molar-refractivity contribution in [2.24, 2.45) is 5.92 Å². The van der Waals surface area contributed by atoms with Gasteiger partial charge in [0.25, 0.3) is 0 Å². The van der Waals surface area contributed by atoms with E-state index in [0.29, 0.717) is 12.0 Å². The minimum absolute atomic E-state index is 0.0266. The number of ether oxygens (including phenoxy) is 2. The van der Waals surface area contributed by atoms with Crippen molar-refractivity contribution in [3.8, 4) is 0 Å². The predicted molar refractivity (Wildman–Crippen MR) is 179 cm³/mol. The summed E-state index contributed by atoms with van der Waals surface area (Å²) >= 11 is 0. The summed E-state index contributed by atoms with van der Waals surface area (Å²) < 4.78 is 11.1. The molecule has 0 bridgehead atoms. The van der Waals surface area contributed by atoms with Gasteiger partial charge in [0.2, 0.25) is 11.8 Å². The lowest BCUT2D eigenvalue weighted by atomic mass is 9.98. The highest BCUT2D eigenvalue weighted by Crippen LogP contribution is 2.19. The first kappa shape index (κ1) is 36.3. The van der Waals surface area contributed by atoms with Crippen LogP contribution in [0.2, 0.25) is 0 Å². The Morgan fingerprint density at radius 2 is 1.38 bits per heavy atom. The predicted octanol–water partition coefficient (Wildman–Crippen LogP) is 4.56. The smallest absolute Gasteiger partial charge is 0.408 e. The van der Waals surface area contributed by atoms with Crippen LogP contribution in [0.1, 0.15) is 42.1 Å². The highest BCUT2D eigenvalue weighted by molar-refractivity contribution is 5.86. The number of carbonyl (C=O) groups excluding carboxylic acids is 4. The zero-order valence-corrected chi connectivity index (χ0v) is 26.4. The molecule has 3 rings (SSSR count). The van der Waals surface area contributed by atoms with E-state index in [1.165, 1.54) is 6.08 Å². The summed E-state index contributed by atoms with van der Waals surface area (Å²) in [5.74, 6) is -2.29. The minimum Gasteiger partial charge on any atom is -0.454 e. The van der Waals surface area contributed by atoms with Crippen molar-refractivity contribution in [3.63, 3.8) is 0 Å². The fourth-order valence-electron chi connectivity index (χ4n) is 4.80. The van der Waals surface area contributed by atoms with E-state index in [1.807, 2.05) is 66.7 Å². The quantitative estimate of drug-likeness (QED) is 0.111. The number of hydrogen-bond acceptors (Lipinski definition) is 7. The molecule has 248 valence electrons. The fourth-order valence-corrected chi connectivity index (χ4v) is 4.80. The van der Waals surface area contributed by atoms with E-state index in [0.717, 1.165) is 11.1 Å². The Labute approximate surface area is 275 Å². The molecule has 0 aliphatic carbocycles. The summed E-state index contributed by atoms with van der Waals surface area (Å²) in [7, 11) is 0. The molecule has 3 aromatic carbocycles. The van der Waals surface area contributed by atoms with Crippen LogP contribution < -0.4 is 16.0 Å². The van der Waals surface area contributed by atoms with Crippen molar-refractivity contribution in [1.29, 1.82) is 0 Å². The van der Waals surface area contributed by atoms with Gasteiger partial charge in [0.1, 0.15) is 18.8 Å². The molecule has 0 heterocycles. The molecule has 0 spiro atoms. The molecule has 4 atom stereocenters. The zero-order chi connectivity index (χ0) is 33.9. The molecule has 0 aliphatic heterocycles. The Morgan fingerprint density at radius 1 is 0.787 bits per heavy atom. The lowest BCUT2D eigenvalue weighted by Gasteiger charge is -2.24. The fraction of sp³-hybridized carbons (Fsp3) is 0.297. The molecular formula is C37H43N3O7. The third-order valence-electron chi connectivity index (χ3n) is 7.25. The van der Waals surface area contributed by atoms with E-state index < -0.39 is 42.1 Å². The molecule has 0 unspecified atom stereocenters. The highest BCUT2D eigenvalue weighted by Gasteiger charge is 2.28. The van der Waals surface area contributed by atoms with Crippen LogP contribution in [0.25, 0.3) is 0 Å². The number of rotatable bonds is 19. The molecule has 0 radical (unpaired) electrons. The van der Waals surface area contributed by atoms with E-state index in [9.17, 15) is 24.3 Å². The van der Waals surface area contributed by atoms with Crippen molar-refractivity contribution in [2.45, 2.75) is 50.5 Å². The third-order valence-corrected chi connectivity index (χ3v) is 7.25. The molecule has 3 aromatic rings. The molecular weight excluding hydrogens is 598 g/mol. The molecule has 0 aliphatic rings. The molecule has 10 heteroatoms. The van der Waals surface area contributed by atoms with Gasteiger partial charge in [0.05, 0.1) is 25.1 Å². The van der Waals surface area contributed by atoms with Crippen LogP contribution in [0, 0.1) is 5.92 Å². The number of allylic oxidation sites excluding steroid dienone is 1. The Bertz CT molecular complexity index is 1430. The molecule has 0 fully saturated rings. The van der Waals surface area contributed by atoms with Crippen LogP contribution in [0.5, 0.6) is 0 Å². The van der Waals surface area contributed by atoms with Gasteiger partial charge in [-0.1, -0.05) is 103 Å². The van der Waals surface area contributed by atoms with Crippen LogP contribution in [0.3, 0.4) is 0 Å². The number of carbonyl (C=O) groups is 4. The number of alkyl carbamates (subject to hydrolysis) is 1. The van der Waals surface area contributed by atoms with Gasteiger partial charge < -0.3 is 30.5 Å². The maximum absolute atomic E-state index is 13.3. The van der Waals surface area contributed by atoms with Crippen molar-refractivity contribution in [2.75, 3.05) is 13.2 Å². The average Bonchev–Trinajstić information content (AvgIpc) is 3.09. The molecule has 0 saturated carbocycles. The Hall–Kier alpha value is -5.22. The summed E-state index contributed by atoms with van der Waals surface area (Å²) in [6.07, 6.45) is 1.98. The van der Waals surface area contributed by atoms with Gasteiger partial charge >= 0.3 is 12.1 Å². The first-order valence-electron chi connectivity index (χ1n) is 15.5. The largest absolute Gasteiger partial charge is 0.454 e. The number of hydrogen-bond donors (Lipinski definition) is 4. The summed E-state index contributed by atoms with van der Waals surface area (Å²) in [5, 5.41) is 18.0. The maximum Gasteiger partial charge on any atom is 0.408 e. The lowest BCUT2D eigenvalue weighted by molar-refractivity contribution is -0.152. The van der Waals surface area contributed by atoms with E-state index in [4.69, 9.17) is 9.47 Å². The van der Waals surface area contributed by atoms with Gasteiger partial charge in [-0.3, -0.25) is 9.59 Å². The SMILES string of the molecule is C=CC[C@H](CC(=O)N[C@H](CO)Cc1ccccc1)C(=O)NC[C@@H](OC(=O)[C@@H](CC=C)NC(=O)OCc1ccccc1)c1ccccc1. The van der Waals surface area contributed by atoms with E-state index >= 15 is 0 Å². The first-order chi connectivity index (χ1) is 22.8. The van der Waals surface area contributed by atoms with Gasteiger partial charge in [0, 0.05) is 6.42 Å². The molecule has 47 heavy (non-hydrogen) atoms. The highest BCUT2D eigenvalue weighted by atomic mass is 16.6. The second-order valence-electron chi connectivity index (χ2n) is 10.9.